The Hall–Kier alpha value is -2.54. The van der Waals surface area contributed by atoms with E-state index in [1.807, 2.05) is 25.9 Å². The van der Waals surface area contributed by atoms with Crippen LogP contribution in [-0.2, 0) is 6.54 Å². The maximum Gasteiger partial charge on any atom is 0.258 e. The Bertz CT molecular complexity index is 712. The molecule has 2 aromatic rings. The predicted octanol–water partition coefficient (Wildman–Crippen LogP) is 1.94. The monoisotopic (exact) mass is 346 g/mol. The molecule has 1 N–H and O–H groups in total. The molecule has 25 heavy (non-hydrogen) atoms. The van der Waals surface area contributed by atoms with Crippen LogP contribution in [0.2, 0.25) is 0 Å². The standard InChI is InChI=1S/C18H26N4O3/c1-13-16(20-12-19-13)11-22(9-8-21(2)3)18(23)15-7-6-14(24-4)10-17(15)25-5/h6-7,10,12H,8-9,11H2,1-5H3,(H,19,20). The molecule has 0 saturated carbocycles. The number of likely N-dealkylation sites (N-methyl/N-ethyl adjacent to an activating group) is 1. The topological polar surface area (TPSA) is 70.7 Å². The number of nitrogens with one attached hydrogen (secondary N) is 1. The van der Waals surface area contributed by atoms with Gasteiger partial charge in [0, 0.05) is 24.8 Å². The van der Waals surface area contributed by atoms with Crippen molar-refractivity contribution in [1.82, 2.24) is 19.8 Å². The number of carbonyl (C=O) groups is 1. The average molecular weight is 346 g/mol. The molecule has 0 fully saturated rings. The Morgan fingerprint density at radius 3 is 2.52 bits per heavy atom. The summed E-state index contributed by atoms with van der Waals surface area (Å²) in [4.78, 5) is 24.3. The van der Waals surface area contributed by atoms with Gasteiger partial charge in [0.2, 0.25) is 0 Å². The minimum absolute atomic E-state index is 0.0937. The molecule has 1 amide bonds. The van der Waals surface area contributed by atoms with Crippen LogP contribution in [0.1, 0.15) is 21.7 Å². The summed E-state index contributed by atoms with van der Waals surface area (Å²) in [5.41, 5.74) is 2.33. The molecule has 0 aliphatic rings. The van der Waals surface area contributed by atoms with E-state index in [0.717, 1.165) is 17.9 Å². The summed E-state index contributed by atoms with van der Waals surface area (Å²) in [6.07, 6.45) is 1.65. The Labute approximate surface area is 148 Å². The number of ether oxygens (including phenoxy) is 2. The molecule has 7 heteroatoms. The van der Waals surface area contributed by atoms with Gasteiger partial charge in [-0.3, -0.25) is 4.79 Å². The number of hydrogen-bond donors (Lipinski definition) is 1. The Kier molecular flexibility index (Phi) is 6.41. The zero-order chi connectivity index (χ0) is 18.4. The van der Waals surface area contributed by atoms with Crippen LogP contribution < -0.4 is 9.47 Å². The second-order valence-corrected chi connectivity index (χ2v) is 6.07. The number of aryl methyl sites for hydroxylation is 1. The Morgan fingerprint density at radius 2 is 1.96 bits per heavy atom. The minimum Gasteiger partial charge on any atom is -0.497 e. The smallest absolute Gasteiger partial charge is 0.258 e. The van der Waals surface area contributed by atoms with Gasteiger partial charge in [0.25, 0.3) is 5.91 Å². The molecule has 0 saturated heterocycles. The van der Waals surface area contributed by atoms with Crippen molar-refractivity contribution in [3.8, 4) is 11.5 Å². The molecule has 0 spiro atoms. The molecule has 1 aromatic carbocycles. The van der Waals surface area contributed by atoms with E-state index >= 15 is 0 Å². The molecule has 1 aromatic heterocycles. The molecule has 0 atom stereocenters. The van der Waals surface area contributed by atoms with E-state index in [1.165, 1.54) is 0 Å². The van der Waals surface area contributed by atoms with Gasteiger partial charge in [0.05, 0.1) is 38.3 Å². The molecule has 136 valence electrons. The van der Waals surface area contributed by atoms with Crippen molar-refractivity contribution in [1.29, 1.82) is 0 Å². The molecule has 2 rings (SSSR count). The van der Waals surface area contributed by atoms with Crippen molar-refractivity contribution >= 4 is 5.91 Å². The van der Waals surface area contributed by atoms with Gasteiger partial charge >= 0.3 is 0 Å². The molecule has 0 unspecified atom stereocenters. The van der Waals surface area contributed by atoms with Crippen LogP contribution in [0, 0.1) is 6.92 Å². The van der Waals surface area contributed by atoms with Crippen molar-refractivity contribution < 1.29 is 14.3 Å². The highest BCUT2D eigenvalue weighted by Crippen LogP contribution is 2.26. The summed E-state index contributed by atoms with van der Waals surface area (Å²) in [6.45, 7) is 3.74. The molecular formula is C18H26N4O3. The Balaban J connectivity index is 2.29. The SMILES string of the molecule is COc1ccc(C(=O)N(CCN(C)C)Cc2nc[nH]c2C)c(OC)c1. The molecular weight excluding hydrogens is 320 g/mol. The largest absolute Gasteiger partial charge is 0.497 e. The third-order valence-electron chi connectivity index (χ3n) is 4.02. The van der Waals surface area contributed by atoms with Gasteiger partial charge in [-0.25, -0.2) is 4.98 Å². The lowest BCUT2D eigenvalue weighted by Crippen LogP contribution is -2.36. The number of aromatic amines is 1. The van der Waals surface area contributed by atoms with E-state index in [4.69, 9.17) is 9.47 Å². The number of hydrogen-bond acceptors (Lipinski definition) is 5. The molecule has 0 radical (unpaired) electrons. The first-order valence-corrected chi connectivity index (χ1v) is 8.11. The fraction of sp³-hybridized carbons (Fsp3) is 0.444. The zero-order valence-electron chi connectivity index (χ0n) is 15.5. The van der Waals surface area contributed by atoms with Crippen LogP contribution in [0.4, 0.5) is 0 Å². The van der Waals surface area contributed by atoms with Crippen molar-refractivity contribution in [2.24, 2.45) is 0 Å². The van der Waals surface area contributed by atoms with Gasteiger partial charge in [0.15, 0.2) is 0 Å². The summed E-state index contributed by atoms with van der Waals surface area (Å²) >= 11 is 0. The van der Waals surface area contributed by atoms with Crippen molar-refractivity contribution in [3.05, 3.63) is 41.5 Å². The van der Waals surface area contributed by atoms with Crippen LogP contribution in [0.5, 0.6) is 11.5 Å². The quantitative estimate of drug-likeness (QED) is 0.791. The van der Waals surface area contributed by atoms with Crippen LogP contribution in [0.3, 0.4) is 0 Å². The highest BCUT2D eigenvalue weighted by Gasteiger charge is 2.21. The van der Waals surface area contributed by atoms with Crippen LogP contribution in [-0.4, -0.2) is 67.1 Å². The number of amides is 1. The van der Waals surface area contributed by atoms with Gasteiger partial charge < -0.3 is 24.3 Å². The third-order valence-corrected chi connectivity index (χ3v) is 4.02. The number of benzene rings is 1. The van der Waals surface area contributed by atoms with Crippen molar-refractivity contribution in [3.63, 3.8) is 0 Å². The van der Waals surface area contributed by atoms with Crippen molar-refractivity contribution in [2.75, 3.05) is 41.4 Å². The first-order valence-electron chi connectivity index (χ1n) is 8.11. The van der Waals surface area contributed by atoms with E-state index in [1.54, 1.807) is 43.6 Å². The second kappa shape index (κ2) is 8.53. The molecule has 0 bridgehead atoms. The van der Waals surface area contributed by atoms with Crippen LogP contribution in [0.15, 0.2) is 24.5 Å². The number of H-pyrrole nitrogens is 1. The predicted molar refractivity (Wildman–Crippen MR) is 96.2 cm³/mol. The maximum atomic E-state index is 13.1. The third kappa shape index (κ3) is 4.73. The van der Waals surface area contributed by atoms with E-state index in [0.29, 0.717) is 30.2 Å². The van der Waals surface area contributed by atoms with Crippen LogP contribution in [0.25, 0.3) is 0 Å². The highest BCUT2D eigenvalue weighted by molar-refractivity contribution is 5.97. The van der Waals surface area contributed by atoms with Gasteiger partial charge in [-0.1, -0.05) is 0 Å². The fourth-order valence-corrected chi connectivity index (χ4v) is 2.45. The summed E-state index contributed by atoms with van der Waals surface area (Å²) in [5.74, 6) is 1.05. The number of nitrogens with zero attached hydrogens (tertiary/aromatic N) is 3. The number of aromatic nitrogens is 2. The second-order valence-electron chi connectivity index (χ2n) is 6.07. The fourth-order valence-electron chi connectivity index (χ4n) is 2.45. The van der Waals surface area contributed by atoms with E-state index < -0.39 is 0 Å². The first-order chi connectivity index (χ1) is 12.0. The number of carbonyl (C=O) groups excluding carboxylic acids is 1. The molecule has 1 heterocycles. The lowest BCUT2D eigenvalue weighted by Gasteiger charge is -2.25. The zero-order valence-corrected chi connectivity index (χ0v) is 15.5. The van der Waals surface area contributed by atoms with E-state index in [-0.39, 0.29) is 5.91 Å². The lowest BCUT2D eigenvalue weighted by molar-refractivity contribution is 0.0726. The number of imidazole rings is 1. The summed E-state index contributed by atoms with van der Waals surface area (Å²) in [6, 6.07) is 5.22. The van der Waals surface area contributed by atoms with Gasteiger partial charge in [-0.15, -0.1) is 0 Å². The van der Waals surface area contributed by atoms with Gasteiger partial charge in [0.1, 0.15) is 11.5 Å². The number of rotatable bonds is 8. The minimum atomic E-state index is -0.0937. The van der Waals surface area contributed by atoms with Crippen molar-refractivity contribution in [2.45, 2.75) is 13.5 Å². The van der Waals surface area contributed by atoms with E-state index in [2.05, 4.69) is 9.97 Å². The van der Waals surface area contributed by atoms with E-state index in [9.17, 15) is 4.79 Å². The van der Waals surface area contributed by atoms with Gasteiger partial charge in [-0.2, -0.15) is 0 Å². The summed E-state index contributed by atoms with van der Waals surface area (Å²) in [7, 11) is 7.10. The lowest BCUT2D eigenvalue weighted by atomic mass is 10.1. The van der Waals surface area contributed by atoms with Gasteiger partial charge in [-0.05, 0) is 33.2 Å². The summed E-state index contributed by atoms with van der Waals surface area (Å²) < 4.78 is 10.6. The normalized spacial score (nSPS) is 10.8. The molecule has 0 aliphatic carbocycles. The highest BCUT2D eigenvalue weighted by atomic mass is 16.5. The average Bonchev–Trinajstić information content (AvgIpc) is 3.01. The summed E-state index contributed by atoms with van der Waals surface area (Å²) in [5, 5.41) is 0. The molecule has 0 aliphatic heterocycles. The number of methoxy groups -OCH3 is 2. The molecule has 7 nitrogen and oxygen atoms in total. The van der Waals surface area contributed by atoms with Crippen LogP contribution >= 0.6 is 0 Å². The Morgan fingerprint density at radius 1 is 1.20 bits per heavy atom. The maximum absolute atomic E-state index is 13.1. The first kappa shape index (κ1) is 18.8.